The predicted molar refractivity (Wildman–Crippen MR) is 107 cm³/mol. The van der Waals surface area contributed by atoms with Crippen LogP contribution in [0.4, 0.5) is 0 Å². The van der Waals surface area contributed by atoms with Crippen LogP contribution < -0.4 is 15.4 Å². The first-order valence-electron chi connectivity index (χ1n) is 9.68. The standard InChI is InChI=1S/C20H29N5O3/c1-14-4-5-17(18(10-14)27-13-16-7-9-26-12-16)11-23-20(21-3)22-8-6-19-24-15(2)25-28-19/h4-5,10,16H,6-9,11-13H2,1-3H3,(H2,21,22,23). The Kier molecular flexibility index (Phi) is 7.25. The molecule has 1 atom stereocenters. The number of ether oxygens (including phenoxy) is 2. The second-order valence-electron chi connectivity index (χ2n) is 6.99. The maximum atomic E-state index is 6.10. The number of benzene rings is 1. The van der Waals surface area contributed by atoms with Crippen LogP contribution in [-0.4, -0.2) is 49.5 Å². The Morgan fingerprint density at radius 3 is 2.93 bits per heavy atom. The molecule has 1 aliphatic heterocycles. The quantitative estimate of drug-likeness (QED) is 0.528. The third kappa shape index (κ3) is 5.95. The molecule has 8 heteroatoms. The van der Waals surface area contributed by atoms with Gasteiger partial charge < -0.3 is 24.6 Å². The van der Waals surface area contributed by atoms with Crippen molar-refractivity contribution >= 4 is 5.96 Å². The summed E-state index contributed by atoms with van der Waals surface area (Å²) in [6.07, 6.45) is 1.71. The molecular weight excluding hydrogens is 358 g/mol. The smallest absolute Gasteiger partial charge is 0.228 e. The van der Waals surface area contributed by atoms with E-state index in [1.165, 1.54) is 5.56 Å². The molecule has 1 fully saturated rings. The monoisotopic (exact) mass is 387 g/mol. The highest BCUT2D eigenvalue weighted by atomic mass is 16.5. The Balaban J connectivity index is 1.50. The molecule has 2 heterocycles. The van der Waals surface area contributed by atoms with Gasteiger partial charge in [0, 0.05) is 44.6 Å². The third-order valence-corrected chi connectivity index (χ3v) is 4.59. The number of aromatic nitrogens is 2. The van der Waals surface area contributed by atoms with E-state index in [0.29, 0.717) is 49.7 Å². The molecule has 0 spiro atoms. The second kappa shape index (κ2) is 10.1. The molecule has 8 nitrogen and oxygen atoms in total. The van der Waals surface area contributed by atoms with Gasteiger partial charge >= 0.3 is 0 Å². The van der Waals surface area contributed by atoms with Crippen LogP contribution in [0.25, 0.3) is 0 Å². The molecule has 152 valence electrons. The van der Waals surface area contributed by atoms with Crippen molar-refractivity contribution in [3.8, 4) is 5.75 Å². The van der Waals surface area contributed by atoms with Crippen molar-refractivity contribution in [1.82, 2.24) is 20.8 Å². The largest absolute Gasteiger partial charge is 0.493 e. The zero-order valence-electron chi connectivity index (χ0n) is 16.8. The molecule has 28 heavy (non-hydrogen) atoms. The number of hydrogen-bond acceptors (Lipinski definition) is 6. The Morgan fingerprint density at radius 1 is 1.32 bits per heavy atom. The summed E-state index contributed by atoms with van der Waals surface area (Å²) >= 11 is 0. The molecule has 1 aromatic carbocycles. The van der Waals surface area contributed by atoms with E-state index in [9.17, 15) is 0 Å². The fourth-order valence-corrected chi connectivity index (χ4v) is 2.99. The Morgan fingerprint density at radius 2 is 2.21 bits per heavy atom. The molecule has 2 N–H and O–H groups in total. The predicted octanol–water partition coefficient (Wildman–Crippen LogP) is 2.01. The summed E-state index contributed by atoms with van der Waals surface area (Å²) in [5.41, 5.74) is 2.28. The van der Waals surface area contributed by atoms with Crippen molar-refractivity contribution in [2.45, 2.75) is 33.2 Å². The summed E-state index contributed by atoms with van der Waals surface area (Å²) in [6.45, 7) is 7.46. The number of nitrogens with one attached hydrogen (secondary N) is 2. The van der Waals surface area contributed by atoms with Gasteiger partial charge in [0.15, 0.2) is 11.8 Å². The van der Waals surface area contributed by atoms with Crippen molar-refractivity contribution in [2.24, 2.45) is 10.9 Å². The van der Waals surface area contributed by atoms with Crippen LogP contribution in [0.2, 0.25) is 0 Å². The number of guanidine groups is 1. The molecule has 1 saturated heterocycles. The van der Waals surface area contributed by atoms with Crippen molar-refractivity contribution < 1.29 is 14.0 Å². The first kappa shape index (κ1) is 20.1. The van der Waals surface area contributed by atoms with Crippen molar-refractivity contribution in [1.29, 1.82) is 0 Å². The van der Waals surface area contributed by atoms with Gasteiger partial charge in [0.2, 0.25) is 5.89 Å². The molecular formula is C20H29N5O3. The van der Waals surface area contributed by atoms with Gasteiger partial charge in [-0.2, -0.15) is 4.98 Å². The SMILES string of the molecule is CN=C(NCCc1nc(C)no1)NCc1ccc(C)cc1OCC1CCOC1. The molecule has 3 rings (SSSR count). The van der Waals surface area contributed by atoms with Crippen molar-refractivity contribution in [2.75, 3.05) is 33.4 Å². The molecule has 0 aliphatic carbocycles. The Hall–Kier alpha value is -2.61. The lowest BCUT2D eigenvalue weighted by molar-refractivity contribution is 0.166. The lowest BCUT2D eigenvalue weighted by Gasteiger charge is -2.16. The van der Waals surface area contributed by atoms with Gasteiger partial charge in [-0.3, -0.25) is 4.99 Å². The van der Waals surface area contributed by atoms with Crippen LogP contribution in [0.5, 0.6) is 5.75 Å². The van der Waals surface area contributed by atoms with E-state index in [4.69, 9.17) is 14.0 Å². The van der Waals surface area contributed by atoms with Gasteiger partial charge in [-0.15, -0.1) is 0 Å². The fourth-order valence-electron chi connectivity index (χ4n) is 2.99. The zero-order chi connectivity index (χ0) is 19.8. The minimum Gasteiger partial charge on any atom is -0.493 e. The van der Waals surface area contributed by atoms with Gasteiger partial charge in [0.05, 0.1) is 13.2 Å². The minimum absolute atomic E-state index is 0.476. The number of aryl methyl sites for hydroxylation is 2. The molecule has 1 aromatic heterocycles. The maximum Gasteiger partial charge on any atom is 0.228 e. The second-order valence-corrected chi connectivity index (χ2v) is 6.99. The fraction of sp³-hybridized carbons (Fsp3) is 0.550. The summed E-state index contributed by atoms with van der Waals surface area (Å²) in [4.78, 5) is 8.46. The topological polar surface area (TPSA) is 93.8 Å². The highest BCUT2D eigenvalue weighted by Crippen LogP contribution is 2.22. The van der Waals surface area contributed by atoms with Crippen LogP contribution in [0.15, 0.2) is 27.7 Å². The normalized spacial score (nSPS) is 17.0. The highest BCUT2D eigenvalue weighted by molar-refractivity contribution is 5.79. The van der Waals surface area contributed by atoms with Gasteiger partial charge in [0.25, 0.3) is 0 Å². The Labute approximate surface area is 165 Å². The molecule has 2 aromatic rings. The van der Waals surface area contributed by atoms with Crippen molar-refractivity contribution in [3.05, 3.63) is 41.0 Å². The van der Waals surface area contributed by atoms with E-state index in [-0.39, 0.29) is 0 Å². The van der Waals surface area contributed by atoms with E-state index >= 15 is 0 Å². The molecule has 1 aliphatic rings. The van der Waals surface area contributed by atoms with Crippen LogP contribution in [-0.2, 0) is 17.7 Å². The van der Waals surface area contributed by atoms with Gasteiger partial charge in [-0.25, -0.2) is 0 Å². The van der Waals surface area contributed by atoms with Crippen LogP contribution in [0.3, 0.4) is 0 Å². The average molecular weight is 387 g/mol. The van der Waals surface area contributed by atoms with Gasteiger partial charge in [-0.05, 0) is 31.9 Å². The van der Waals surface area contributed by atoms with E-state index in [1.807, 2.05) is 6.92 Å². The Bertz CT molecular complexity index is 784. The summed E-state index contributed by atoms with van der Waals surface area (Å²) in [6, 6.07) is 6.27. The zero-order valence-corrected chi connectivity index (χ0v) is 16.8. The highest BCUT2D eigenvalue weighted by Gasteiger charge is 2.17. The molecule has 0 saturated carbocycles. The molecule has 1 unspecified atom stereocenters. The van der Waals surface area contributed by atoms with Crippen molar-refractivity contribution in [3.63, 3.8) is 0 Å². The number of hydrogen-bond donors (Lipinski definition) is 2. The first-order chi connectivity index (χ1) is 13.6. The average Bonchev–Trinajstić information content (AvgIpc) is 3.35. The summed E-state index contributed by atoms with van der Waals surface area (Å²) in [5, 5.41) is 10.4. The van der Waals surface area contributed by atoms with E-state index in [2.05, 4.69) is 50.9 Å². The number of nitrogens with zero attached hydrogens (tertiary/aromatic N) is 3. The molecule has 0 radical (unpaired) electrons. The summed E-state index contributed by atoms with van der Waals surface area (Å²) < 4.78 is 16.7. The minimum atomic E-state index is 0.476. The lowest BCUT2D eigenvalue weighted by atomic mass is 10.1. The summed E-state index contributed by atoms with van der Waals surface area (Å²) in [5.74, 6) is 3.37. The molecule has 0 amide bonds. The van der Waals surface area contributed by atoms with Crippen LogP contribution in [0, 0.1) is 19.8 Å². The molecule has 0 bridgehead atoms. The van der Waals surface area contributed by atoms with Crippen LogP contribution >= 0.6 is 0 Å². The first-order valence-corrected chi connectivity index (χ1v) is 9.68. The summed E-state index contributed by atoms with van der Waals surface area (Å²) in [7, 11) is 1.75. The number of aliphatic imine (C=N–C) groups is 1. The lowest BCUT2D eigenvalue weighted by Crippen LogP contribution is -2.38. The van der Waals surface area contributed by atoms with E-state index in [1.54, 1.807) is 7.05 Å². The van der Waals surface area contributed by atoms with Gasteiger partial charge in [0.1, 0.15) is 5.75 Å². The number of rotatable bonds is 8. The maximum absolute atomic E-state index is 6.10. The van der Waals surface area contributed by atoms with Gasteiger partial charge in [-0.1, -0.05) is 17.3 Å². The van der Waals surface area contributed by atoms with Crippen LogP contribution in [0.1, 0.15) is 29.3 Å². The third-order valence-electron chi connectivity index (χ3n) is 4.59. The van der Waals surface area contributed by atoms with E-state index in [0.717, 1.165) is 30.9 Å². The van der Waals surface area contributed by atoms with E-state index < -0.39 is 0 Å².